The molecule has 0 saturated heterocycles. The van der Waals surface area contributed by atoms with Crippen LogP contribution < -0.4 is 15.0 Å². The molecule has 0 spiro atoms. The number of nitrogens with zero attached hydrogens (tertiary/aromatic N) is 3. The van der Waals surface area contributed by atoms with Gasteiger partial charge in [-0.2, -0.15) is 0 Å². The van der Waals surface area contributed by atoms with E-state index in [2.05, 4.69) is 15.3 Å². The Morgan fingerprint density at radius 1 is 1.04 bits per heavy atom. The van der Waals surface area contributed by atoms with E-state index < -0.39 is 0 Å². The minimum atomic E-state index is -0.238. The van der Waals surface area contributed by atoms with E-state index in [0.717, 1.165) is 16.8 Å². The highest BCUT2D eigenvalue weighted by Crippen LogP contribution is 2.23. The van der Waals surface area contributed by atoms with Crippen molar-refractivity contribution < 1.29 is 9.53 Å². The molecule has 0 fully saturated rings. The summed E-state index contributed by atoms with van der Waals surface area (Å²) in [6.45, 7) is 0. The normalized spacial score (nSPS) is 10.3. The van der Waals surface area contributed by atoms with E-state index >= 15 is 0 Å². The third-order valence-electron chi connectivity index (χ3n) is 3.92. The molecule has 3 aromatic rings. The summed E-state index contributed by atoms with van der Waals surface area (Å²) in [4.78, 5) is 22.8. The second-order valence-electron chi connectivity index (χ2n) is 5.94. The standard InChI is InChI=1S/C20H20N4O2/c1-24(2)18-6-4-14(5-7-18)15-10-16(13-21-12-15)20(25)23-17-8-9-22-19(11-17)26-3/h4-13H,1-3H3,(H,22,23,25). The highest BCUT2D eigenvalue weighted by molar-refractivity contribution is 6.04. The molecule has 2 aromatic heterocycles. The van der Waals surface area contributed by atoms with Crippen LogP contribution >= 0.6 is 0 Å². The molecule has 1 N–H and O–H groups in total. The Hall–Kier alpha value is -3.41. The average molecular weight is 348 g/mol. The van der Waals surface area contributed by atoms with Crippen LogP contribution in [0.1, 0.15) is 10.4 Å². The van der Waals surface area contributed by atoms with Gasteiger partial charge in [-0.3, -0.25) is 9.78 Å². The number of amides is 1. The van der Waals surface area contributed by atoms with Crippen LogP contribution in [0, 0.1) is 0 Å². The molecule has 26 heavy (non-hydrogen) atoms. The molecule has 0 bridgehead atoms. The number of hydrogen-bond donors (Lipinski definition) is 1. The molecule has 0 unspecified atom stereocenters. The van der Waals surface area contributed by atoms with Crippen LogP contribution in [0.3, 0.4) is 0 Å². The maximum absolute atomic E-state index is 12.5. The minimum absolute atomic E-state index is 0.238. The number of rotatable bonds is 5. The number of nitrogens with one attached hydrogen (secondary N) is 1. The van der Waals surface area contributed by atoms with Crippen molar-refractivity contribution in [2.75, 3.05) is 31.4 Å². The van der Waals surface area contributed by atoms with E-state index in [-0.39, 0.29) is 5.91 Å². The minimum Gasteiger partial charge on any atom is -0.481 e. The van der Waals surface area contributed by atoms with Crippen molar-refractivity contribution in [1.82, 2.24) is 9.97 Å². The molecule has 0 aliphatic rings. The van der Waals surface area contributed by atoms with Crippen molar-refractivity contribution in [1.29, 1.82) is 0 Å². The van der Waals surface area contributed by atoms with Crippen LogP contribution in [0.5, 0.6) is 5.88 Å². The molecule has 0 radical (unpaired) electrons. The fourth-order valence-corrected chi connectivity index (χ4v) is 2.48. The number of hydrogen-bond acceptors (Lipinski definition) is 5. The summed E-state index contributed by atoms with van der Waals surface area (Å²) in [6.07, 6.45) is 4.87. The topological polar surface area (TPSA) is 67.3 Å². The number of methoxy groups -OCH3 is 1. The lowest BCUT2D eigenvalue weighted by Crippen LogP contribution is -2.12. The molecule has 6 heteroatoms. The Balaban J connectivity index is 1.80. The van der Waals surface area contributed by atoms with Gasteiger partial charge in [0.2, 0.25) is 5.88 Å². The summed E-state index contributed by atoms with van der Waals surface area (Å²) >= 11 is 0. The van der Waals surface area contributed by atoms with Gasteiger partial charge in [0, 0.05) is 55.7 Å². The third kappa shape index (κ3) is 3.97. The number of ether oxygens (including phenoxy) is 1. The highest BCUT2D eigenvalue weighted by Gasteiger charge is 2.09. The molecule has 0 aliphatic heterocycles. The first-order chi connectivity index (χ1) is 12.6. The summed E-state index contributed by atoms with van der Waals surface area (Å²) in [7, 11) is 5.52. The Kier molecular flexibility index (Phi) is 5.12. The second-order valence-corrected chi connectivity index (χ2v) is 5.94. The van der Waals surface area contributed by atoms with Gasteiger partial charge < -0.3 is 15.0 Å². The summed E-state index contributed by atoms with van der Waals surface area (Å²) < 4.78 is 5.07. The van der Waals surface area contributed by atoms with Crippen molar-refractivity contribution in [3.8, 4) is 17.0 Å². The van der Waals surface area contributed by atoms with E-state index in [9.17, 15) is 4.79 Å². The van der Waals surface area contributed by atoms with E-state index in [0.29, 0.717) is 17.1 Å². The number of pyridine rings is 2. The van der Waals surface area contributed by atoms with Crippen molar-refractivity contribution in [2.24, 2.45) is 0 Å². The van der Waals surface area contributed by atoms with Gasteiger partial charge in [0.05, 0.1) is 12.7 Å². The smallest absolute Gasteiger partial charge is 0.257 e. The van der Waals surface area contributed by atoms with Crippen LogP contribution in [-0.2, 0) is 0 Å². The maximum Gasteiger partial charge on any atom is 0.257 e. The summed E-state index contributed by atoms with van der Waals surface area (Å²) in [5.74, 6) is 0.202. The maximum atomic E-state index is 12.5. The lowest BCUT2D eigenvalue weighted by atomic mass is 10.1. The lowest BCUT2D eigenvalue weighted by molar-refractivity contribution is 0.102. The first-order valence-electron chi connectivity index (χ1n) is 8.11. The number of carbonyl (C=O) groups excluding carboxylic acids is 1. The van der Waals surface area contributed by atoms with Crippen molar-refractivity contribution in [2.45, 2.75) is 0 Å². The van der Waals surface area contributed by atoms with Gasteiger partial charge in [0.25, 0.3) is 5.91 Å². The Bertz CT molecular complexity index is 908. The van der Waals surface area contributed by atoms with Gasteiger partial charge in [-0.25, -0.2) is 4.98 Å². The third-order valence-corrected chi connectivity index (χ3v) is 3.92. The van der Waals surface area contributed by atoms with E-state index in [1.165, 1.54) is 7.11 Å². The molecule has 0 aliphatic carbocycles. The molecular formula is C20H20N4O2. The molecule has 1 amide bonds. The second kappa shape index (κ2) is 7.65. The largest absolute Gasteiger partial charge is 0.481 e. The quantitative estimate of drug-likeness (QED) is 0.765. The highest BCUT2D eigenvalue weighted by atomic mass is 16.5. The summed E-state index contributed by atoms with van der Waals surface area (Å²) in [5.41, 5.74) is 4.10. The van der Waals surface area contributed by atoms with Crippen molar-refractivity contribution in [3.63, 3.8) is 0 Å². The number of benzene rings is 1. The molecule has 6 nitrogen and oxygen atoms in total. The zero-order valence-corrected chi connectivity index (χ0v) is 14.9. The number of carbonyl (C=O) groups is 1. The predicted molar refractivity (Wildman–Crippen MR) is 103 cm³/mol. The molecule has 132 valence electrons. The Morgan fingerprint density at radius 2 is 1.81 bits per heavy atom. The first-order valence-corrected chi connectivity index (χ1v) is 8.11. The van der Waals surface area contributed by atoms with E-state index in [4.69, 9.17) is 4.74 Å². The van der Waals surface area contributed by atoms with Crippen LogP contribution in [0.4, 0.5) is 11.4 Å². The number of anilines is 2. The Labute approximate surface area is 152 Å². The lowest BCUT2D eigenvalue weighted by Gasteiger charge is -2.13. The van der Waals surface area contributed by atoms with Gasteiger partial charge in [-0.1, -0.05) is 12.1 Å². The molecule has 2 heterocycles. The van der Waals surface area contributed by atoms with Crippen LogP contribution in [0.25, 0.3) is 11.1 Å². The number of aromatic nitrogens is 2. The SMILES string of the molecule is COc1cc(NC(=O)c2cncc(-c3ccc(N(C)C)cc3)c2)ccn1. The van der Waals surface area contributed by atoms with Crippen LogP contribution in [0.2, 0.25) is 0 Å². The zero-order chi connectivity index (χ0) is 18.5. The fourth-order valence-electron chi connectivity index (χ4n) is 2.48. The monoisotopic (exact) mass is 348 g/mol. The van der Waals surface area contributed by atoms with Gasteiger partial charge >= 0.3 is 0 Å². The van der Waals surface area contributed by atoms with E-state index in [1.807, 2.05) is 49.3 Å². The molecule has 0 saturated carbocycles. The zero-order valence-electron chi connectivity index (χ0n) is 14.9. The van der Waals surface area contributed by atoms with Crippen molar-refractivity contribution in [3.05, 3.63) is 66.6 Å². The molecule has 3 rings (SSSR count). The van der Waals surface area contributed by atoms with Gasteiger partial charge in [-0.15, -0.1) is 0 Å². The molecule has 0 atom stereocenters. The van der Waals surface area contributed by atoms with Gasteiger partial charge in [-0.05, 0) is 29.8 Å². The first kappa shape index (κ1) is 17.4. The Morgan fingerprint density at radius 3 is 2.50 bits per heavy atom. The fraction of sp³-hybridized carbons (Fsp3) is 0.150. The van der Waals surface area contributed by atoms with Crippen molar-refractivity contribution >= 4 is 17.3 Å². The van der Waals surface area contributed by atoms with Gasteiger partial charge in [0.1, 0.15) is 0 Å². The summed E-state index contributed by atoms with van der Waals surface area (Å²) in [5, 5.41) is 2.83. The molecule has 1 aromatic carbocycles. The van der Waals surface area contributed by atoms with Crippen LogP contribution in [0.15, 0.2) is 61.1 Å². The van der Waals surface area contributed by atoms with Gasteiger partial charge in [0.15, 0.2) is 0 Å². The van der Waals surface area contributed by atoms with E-state index in [1.54, 1.807) is 30.7 Å². The predicted octanol–water partition coefficient (Wildman–Crippen LogP) is 3.47. The summed E-state index contributed by atoms with van der Waals surface area (Å²) in [6, 6.07) is 13.3. The molecular weight excluding hydrogens is 328 g/mol. The average Bonchev–Trinajstić information content (AvgIpc) is 2.68. The van der Waals surface area contributed by atoms with Crippen LogP contribution in [-0.4, -0.2) is 37.1 Å².